The number of carbonyl (C=O) groups is 1. The van der Waals surface area contributed by atoms with Gasteiger partial charge in [0.15, 0.2) is 0 Å². The van der Waals surface area contributed by atoms with Gasteiger partial charge in [-0.1, -0.05) is 40.2 Å². The topological polar surface area (TPSA) is 82.7 Å². The highest BCUT2D eigenvalue weighted by atomic mass is 19.1. The Bertz CT molecular complexity index is 843. The van der Waals surface area contributed by atoms with Crippen LogP contribution >= 0.6 is 0 Å². The molecular formula is C23H31FN2O3. The van der Waals surface area contributed by atoms with Crippen LogP contribution in [0.5, 0.6) is 5.75 Å². The molecule has 5 nitrogen and oxygen atoms in total. The summed E-state index contributed by atoms with van der Waals surface area (Å²) in [4.78, 5) is 17.9. The van der Waals surface area contributed by atoms with Gasteiger partial charge >= 0.3 is 5.97 Å². The molecule has 0 bridgehead atoms. The zero-order chi connectivity index (χ0) is 22.0. The lowest BCUT2D eigenvalue weighted by Crippen LogP contribution is -2.60. The van der Waals surface area contributed by atoms with E-state index in [9.17, 15) is 19.6 Å². The predicted molar refractivity (Wildman–Crippen MR) is 111 cm³/mol. The van der Waals surface area contributed by atoms with Gasteiger partial charge < -0.3 is 9.84 Å². The monoisotopic (exact) mass is 402 g/mol. The molecule has 0 radical (unpaired) electrons. The Morgan fingerprint density at radius 3 is 2.55 bits per heavy atom. The van der Waals surface area contributed by atoms with E-state index in [4.69, 9.17) is 9.73 Å². The van der Waals surface area contributed by atoms with Crippen molar-refractivity contribution in [1.29, 1.82) is 5.26 Å². The normalized spacial score (nSPS) is 27.1. The molecule has 0 saturated carbocycles. The van der Waals surface area contributed by atoms with Crippen LogP contribution in [0.25, 0.3) is 0 Å². The average Bonchev–Trinajstić information content (AvgIpc) is 2.67. The van der Waals surface area contributed by atoms with Crippen LogP contribution in [0.2, 0.25) is 0 Å². The summed E-state index contributed by atoms with van der Waals surface area (Å²) in [7, 11) is 1.43. The highest BCUT2D eigenvalue weighted by Gasteiger charge is 2.64. The van der Waals surface area contributed by atoms with Crippen molar-refractivity contribution in [1.82, 2.24) is 0 Å². The summed E-state index contributed by atoms with van der Waals surface area (Å²) in [5, 5.41) is 20.7. The molecule has 2 rings (SSSR count). The minimum absolute atomic E-state index is 0.262. The van der Waals surface area contributed by atoms with Crippen LogP contribution in [0, 0.1) is 33.9 Å². The third kappa shape index (κ3) is 3.52. The Labute approximate surface area is 172 Å². The van der Waals surface area contributed by atoms with Crippen LogP contribution in [0.1, 0.15) is 65.4 Å². The van der Waals surface area contributed by atoms with Crippen molar-refractivity contribution in [3.05, 3.63) is 29.6 Å². The number of aliphatic carboxylic acids is 1. The Morgan fingerprint density at radius 1 is 1.41 bits per heavy atom. The van der Waals surface area contributed by atoms with E-state index >= 15 is 0 Å². The lowest BCUT2D eigenvalue weighted by molar-refractivity contribution is -0.164. The SMILES string of the molecule is CCCC1N=C(C)C(C#N)C(c2ccc(F)cc2OC)C1(C(=O)O)C(C)(C)CC. The number of nitriles is 1. The number of benzene rings is 1. The lowest BCUT2D eigenvalue weighted by atomic mass is 9.48. The van der Waals surface area contributed by atoms with Gasteiger partial charge in [-0.15, -0.1) is 0 Å². The largest absolute Gasteiger partial charge is 0.496 e. The molecule has 4 atom stereocenters. The molecule has 0 aliphatic carbocycles. The quantitative estimate of drug-likeness (QED) is 0.679. The average molecular weight is 403 g/mol. The fraction of sp³-hybridized carbons (Fsp3) is 0.609. The smallest absolute Gasteiger partial charge is 0.313 e. The number of hydrogen-bond donors (Lipinski definition) is 1. The summed E-state index contributed by atoms with van der Waals surface area (Å²) in [5.74, 6) is -2.65. The molecule has 6 heteroatoms. The fourth-order valence-electron chi connectivity index (χ4n) is 4.97. The van der Waals surface area contributed by atoms with E-state index in [1.54, 1.807) is 13.0 Å². The van der Waals surface area contributed by atoms with E-state index < -0.39 is 40.5 Å². The van der Waals surface area contributed by atoms with Crippen LogP contribution in [0.15, 0.2) is 23.2 Å². The maximum absolute atomic E-state index is 13.9. The minimum atomic E-state index is -1.34. The summed E-state index contributed by atoms with van der Waals surface area (Å²) in [6.07, 6.45) is 1.94. The van der Waals surface area contributed by atoms with Gasteiger partial charge in [-0.05, 0) is 31.2 Å². The Hall–Kier alpha value is -2.42. The van der Waals surface area contributed by atoms with Crippen molar-refractivity contribution in [2.45, 2.75) is 65.8 Å². The van der Waals surface area contributed by atoms with Gasteiger partial charge in [0.1, 0.15) is 17.0 Å². The number of carboxylic acids is 1. The minimum Gasteiger partial charge on any atom is -0.496 e. The van der Waals surface area contributed by atoms with Gasteiger partial charge in [-0.2, -0.15) is 5.26 Å². The second kappa shape index (κ2) is 8.52. The molecule has 1 aliphatic rings. The third-order valence-corrected chi connectivity index (χ3v) is 6.75. The van der Waals surface area contributed by atoms with E-state index in [1.807, 2.05) is 27.7 Å². The van der Waals surface area contributed by atoms with Crippen molar-refractivity contribution >= 4 is 11.7 Å². The Morgan fingerprint density at radius 2 is 2.07 bits per heavy atom. The van der Waals surface area contributed by atoms with Crippen LogP contribution < -0.4 is 4.74 Å². The molecule has 0 saturated heterocycles. The third-order valence-electron chi connectivity index (χ3n) is 6.75. The predicted octanol–water partition coefficient (Wildman–Crippen LogP) is 5.21. The second-order valence-electron chi connectivity index (χ2n) is 8.46. The fourth-order valence-corrected chi connectivity index (χ4v) is 4.97. The van der Waals surface area contributed by atoms with Gasteiger partial charge in [0.05, 0.1) is 25.1 Å². The van der Waals surface area contributed by atoms with Crippen molar-refractivity contribution < 1.29 is 19.0 Å². The maximum atomic E-state index is 13.9. The molecule has 1 N–H and O–H groups in total. The van der Waals surface area contributed by atoms with Crippen molar-refractivity contribution in [3.8, 4) is 11.8 Å². The van der Waals surface area contributed by atoms with Gasteiger partial charge in [0, 0.05) is 23.3 Å². The van der Waals surface area contributed by atoms with Gasteiger partial charge in [-0.25, -0.2) is 4.39 Å². The molecule has 1 heterocycles. The van der Waals surface area contributed by atoms with Crippen LogP contribution in [0.4, 0.5) is 4.39 Å². The number of aliphatic imine (C=N–C) groups is 1. The highest BCUT2D eigenvalue weighted by Crippen LogP contribution is 2.61. The van der Waals surface area contributed by atoms with Crippen molar-refractivity contribution in [2.75, 3.05) is 7.11 Å². The summed E-state index contributed by atoms with van der Waals surface area (Å²) < 4.78 is 19.4. The molecule has 1 aromatic rings. The zero-order valence-corrected chi connectivity index (χ0v) is 18.1. The summed E-state index contributed by atoms with van der Waals surface area (Å²) in [6.45, 7) is 9.60. The zero-order valence-electron chi connectivity index (χ0n) is 18.1. The molecule has 4 unspecified atom stereocenters. The van der Waals surface area contributed by atoms with E-state index in [2.05, 4.69) is 6.07 Å². The number of hydrogen-bond acceptors (Lipinski definition) is 4. The van der Waals surface area contributed by atoms with Gasteiger partial charge in [-0.3, -0.25) is 9.79 Å². The van der Waals surface area contributed by atoms with E-state index in [0.29, 0.717) is 24.1 Å². The molecule has 0 aromatic heterocycles. The van der Waals surface area contributed by atoms with Crippen LogP contribution in [-0.2, 0) is 4.79 Å². The number of methoxy groups -OCH3 is 1. The van der Waals surface area contributed by atoms with Crippen LogP contribution in [0.3, 0.4) is 0 Å². The van der Waals surface area contributed by atoms with Crippen LogP contribution in [-0.4, -0.2) is 29.9 Å². The van der Waals surface area contributed by atoms with Crippen molar-refractivity contribution in [3.63, 3.8) is 0 Å². The second-order valence-corrected chi connectivity index (χ2v) is 8.46. The molecule has 1 aliphatic heterocycles. The number of carboxylic acid groups (broad SMARTS) is 1. The van der Waals surface area contributed by atoms with E-state index in [-0.39, 0.29) is 5.75 Å². The summed E-state index contributed by atoms with van der Waals surface area (Å²) >= 11 is 0. The molecule has 1 aromatic carbocycles. The first-order valence-electron chi connectivity index (χ1n) is 10.1. The first kappa shape index (κ1) is 22.9. The number of ether oxygens (including phenoxy) is 1. The van der Waals surface area contributed by atoms with E-state index in [1.165, 1.54) is 19.2 Å². The molecule has 0 amide bonds. The molecule has 29 heavy (non-hydrogen) atoms. The number of halogens is 1. The summed E-state index contributed by atoms with van der Waals surface area (Å²) in [6, 6.07) is 5.92. The molecule has 0 spiro atoms. The lowest BCUT2D eigenvalue weighted by Gasteiger charge is -2.55. The standard InChI is InChI=1S/C23H31FN2O3/c1-7-9-19-23(21(27)28,22(4,5)8-2)20(17(13-25)14(3)26-19)16-11-10-15(24)12-18(16)29-6/h10-12,17,19-20H,7-9H2,1-6H3,(H,27,28). The first-order chi connectivity index (χ1) is 13.6. The maximum Gasteiger partial charge on any atom is 0.313 e. The summed E-state index contributed by atoms with van der Waals surface area (Å²) in [5.41, 5.74) is -0.865. The molecule has 0 fully saturated rings. The number of nitrogens with zero attached hydrogens (tertiary/aromatic N) is 2. The van der Waals surface area contributed by atoms with E-state index in [0.717, 1.165) is 6.42 Å². The van der Waals surface area contributed by atoms with Gasteiger partial charge in [0.2, 0.25) is 0 Å². The number of rotatable bonds is 7. The molecular weight excluding hydrogens is 371 g/mol. The Balaban J connectivity index is 2.99. The molecule has 158 valence electrons. The Kier molecular flexibility index (Phi) is 6.72. The van der Waals surface area contributed by atoms with Crippen molar-refractivity contribution in [2.24, 2.45) is 21.7 Å². The highest BCUT2D eigenvalue weighted by molar-refractivity contribution is 5.92. The van der Waals surface area contributed by atoms with Gasteiger partial charge in [0.25, 0.3) is 0 Å². The first-order valence-corrected chi connectivity index (χ1v) is 10.1.